The summed E-state index contributed by atoms with van der Waals surface area (Å²) in [6.45, 7) is 2.12. The van der Waals surface area contributed by atoms with Crippen LogP contribution in [0.5, 0.6) is 0 Å². The van der Waals surface area contributed by atoms with Crippen LogP contribution in [0.3, 0.4) is 0 Å². The maximum atomic E-state index is 12.5. The molecule has 0 unspecified atom stereocenters. The molecule has 0 aromatic carbocycles. The number of halogens is 3. The van der Waals surface area contributed by atoms with Crippen molar-refractivity contribution in [2.24, 2.45) is 5.92 Å². The quantitative estimate of drug-likeness (QED) is 0.712. The molecule has 1 rings (SSSR count). The van der Waals surface area contributed by atoms with Gasteiger partial charge in [0.25, 0.3) is 0 Å². The third-order valence-corrected chi connectivity index (χ3v) is 3.09. The second-order valence-corrected chi connectivity index (χ2v) is 4.22. The average molecular weight is 211 g/mol. The molecule has 5 heteroatoms. The van der Waals surface area contributed by atoms with Crippen molar-refractivity contribution >= 4 is 0 Å². The van der Waals surface area contributed by atoms with Gasteiger partial charge in [-0.3, -0.25) is 0 Å². The molecule has 0 spiro atoms. The van der Waals surface area contributed by atoms with Crippen LogP contribution in [-0.4, -0.2) is 41.9 Å². The van der Waals surface area contributed by atoms with Gasteiger partial charge in [-0.2, -0.15) is 13.2 Å². The van der Waals surface area contributed by atoms with Gasteiger partial charge < -0.3 is 10.0 Å². The van der Waals surface area contributed by atoms with E-state index in [1.54, 1.807) is 0 Å². The first-order chi connectivity index (χ1) is 6.25. The van der Waals surface area contributed by atoms with Gasteiger partial charge in [-0.15, -0.1) is 0 Å². The third kappa shape index (κ3) is 2.20. The maximum Gasteiger partial charge on any atom is 0.417 e. The summed E-state index contributed by atoms with van der Waals surface area (Å²) in [6, 6.07) is 0. The Labute approximate surface area is 81.7 Å². The first-order valence-electron chi connectivity index (χ1n) is 4.73. The van der Waals surface area contributed by atoms with Crippen molar-refractivity contribution in [1.29, 1.82) is 0 Å². The smallest absolute Gasteiger partial charge is 0.380 e. The van der Waals surface area contributed by atoms with Crippen LogP contribution in [0.4, 0.5) is 13.2 Å². The van der Waals surface area contributed by atoms with Gasteiger partial charge in [-0.1, -0.05) is 0 Å². The maximum absolute atomic E-state index is 12.5. The van der Waals surface area contributed by atoms with Crippen molar-refractivity contribution in [2.75, 3.05) is 20.1 Å². The van der Waals surface area contributed by atoms with Gasteiger partial charge in [0.15, 0.2) is 5.60 Å². The Kier molecular flexibility index (Phi) is 3.11. The third-order valence-electron chi connectivity index (χ3n) is 3.09. The summed E-state index contributed by atoms with van der Waals surface area (Å²) >= 11 is 0. The Bertz CT molecular complexity index is 195. The van der Waals surface area contributed by atoms with Crippen LogP contribution in [0.1, 0.15) is 19.8 Å². The van der Waals surface area contributed by atoms with Crippen LogP contribution in [0.15, 0.2) is 0 Å². The molecule has 0 aliphatic carbocycles. The van der Waals surface area contributed by atoms with E-state index in [-0.39, 0.29) is 0 Å². The lowest BCUT2D eigenvalue weighted by molar-refractivity contribution is -0.275. The molecule has 0 aromatic rings. The molecular weight excluding hydrogens is 195 g/mol. The predicted octanol–water partition coefficient (Wildman–Crippen LogP) is 1.64. The number of hydrogen-bond acceptors (Lipinski definition) is 2. The molecule has 1 fully saturated rings. The molecule has 0 amide bonds. The molecule has 1 aliphatic heterocycles. The minimum Gasteiger partial charge on any atom is -0.380 e. The lowest BCUT2D eigenvalue weighted by Crippen LogP contribution is -2.51. The molecule has 1 atom stereocenters. The summed E-state index contributed by atoms with van der Waals surface area (Å²) < 4.78 is 37.4. The molecule has 1 heterocycles. The zero-order valence-electron chi connectivity index (χ0n) is 8.43. The van der Waals surface area contributed by atoms with Crippen molar-refractivity contribution in [1.82, 2.24) is 4.90 Å². The number of nitrogens with zero attached hydrogens (tertiary/aromatic N) is 1. The van der Waals surface area contributed by atoms with Gasteiger partial charge in [-0.25, -0.2) is 0 Å². The zero-order valence-corrected chi connectivity index (χ0v) is 8.43. The van der Waals surface area contributed by atoms with Crippen molar-refractivity contribution < 1.29 is 18.3 Å². The second-order valence-electron chi connectivity index (χ2n) is 4.22. The fourth-order valence-corrected chi connectivity index (χ4v) is 1.80. The van der Waals surface area contributed by atoms with Crippen molar-refractivity contribution in [3.63, 3.8) is 0 Å². The summed E-state index contributed by atoms with van der Waals surface area (Å²) in [7, 11) is 1.87. The van der Waals surface area contributed by atoms with Crippen LogP contribution >= 0.6 is 0 Å². The summed E-state index contributed by atoms with van der Waals surface area (Å²) in [5, 5.41) is 9.42. The number of aliphatic hydroxyl groups is 1. The standard InChI is InChI=1S/C9H16F3NO/c1-8(14,9(10,11)12)7-3-5-13(2)6-4-7/h7,14H,3-6H2,1-2H3/t8-/m1/s1. The SMILES string of the molecule is CN1CCC([C@@](C)(O)C(F)(F)F)CC1. The van der Waals surface area contributed by atoms with Crippen LogP contribution in [-0.2, 0) is 0 Å². The van der Waals surface area contributed by atoms with Crippen molar-refractivity contribution in [3.8, 4) is 0 Å². The number of hydrogen-bond donors (Lipinski definition) is 1. The Hall–Kier alpha value is -0.290. The van der Waals surface area contributed by atoms with Gasteiger partial charge in [-0.05, 0) is 45.8 Å². The van der Waals surface area contributed by atoms with Crippen molar-refractivity contribution in [2.45, 2.75) is 31.5 Å². The van der Waals surface area contributed by atoms with E-state index < -0.39 is 17.7 Å². The number of alkyl halides is 3. The molecule has 1 saturated heterocycles. The number of piperidine rings is 1. The van der Waals surface area contributed by atoms with Crippen molar-refractivity contribution in [3.05, 3.63) is 0 Å². The normalized spacial score (nSPS) is 26.1. The topological polar surface area (TPSA) is 23.5 Å². The van der Waals surface area contributed by atoms with Crippen LogP contribution in [0.25, 0.3) is 0 Å². The summed E-state index contributed by atoms with van der Waals surface area (Å²) in [5.74, 6) is -0.668. The van der Waals surface area contributed by atoms with Crippen LogP contribution < -0.4 is 0 Å². The Morgan fingerprint density at radius 2 is 1.64 bits per heavy atom. The van der Waals surface area contributed by atoms with Gasteiger partial charge >= 0.3 is 6.18 Å². The highest BCUT2D eigenvalue weighted by Gasteiger charge is 2.54. The largest absolute Gasteiger partial charge is 0.417 e. The molecule has 2 nitrogen and oxygen atoms in total. The second kappa shape index (κ2) is 3.70. The summed E-state index contributed by atoms with van der Waals surface area (Å²) in [6.07, 6.45) is -3.71. The summed E-state index contributed by atoms with van der Waals surface area (Å²) in [5.41, 5.74) is -2.53. The Balaban J connectivity index is 2.65. The van der Waals surface area contributed by atoms with E-state index in [1.165, 1.54) is 0 Å². The van der Waals surface area contributed by atoms with E-state index in [9.17, 15) is 18.3 Å². The Morgan fingerprint density at radius 3 is 2.00 bits per heavy atom. The first-order valence-corrected chi connectivity index (χ1v) is 4.73. The summed E-state index contributed by atoms with van der Waals surface area (Å²) in [4.78, 5) is 1.98. The molecule has 0 saturated carbocycles. The minimum atomic E-state index is -4.52. The molecular formula is C9H16F3NO. The lowest BCUT2D eigenvalue weighted by Gasteiger charge is -2.39. The monoisotopic (exact) mass is 211 g/mol. The van der Waals surface area contributed by atoms with Gasteiger partial charge in [0, 0.05) is 0 Å². The zero-order chi connectivity index (χ0) is 11.0. The lowest BCUT2D eigenvalue weighted by atomic mass is 9.81. The highest BCUT2D eigenvalue weighted by atomic mass is 19.4. The van der Waals surface area contributed by atoms with Crippen LogP contribution in [0.2, 0.25) is 0 Å². The Morgan fingerprint density at radius 1 is 1.21 bits per heavy atom. The molecule has 0 bridgehead atoms. The average Bonchev–Trinajstić information content (AvgIpc) is 2.03. The van der Waals surface area contributed by atoms with Gasteiger partial charge in [0.1, 0.15) is 0 Å². The van der Waals surface area contributed by atoms with E-state index in [2.05, 4.69) is 0 Å². The number of rotatable bonds is 1. The fourth-order valence-electron chi connectivity index (χ4n) is 1.80. The van der Waals surface area contributed by atoms with Gasteiger partial charge in [0.05, 0.1) is 0 Å². The first kappa shape index (κ1) is 11.8. The van der Waals surface area contributed by atoms with E-state index in [4.69, 9.17) is 0 Å². The minimum absolute atomic E-state index is 0.406. The van der Waals surface area contributed by atoms with E-state index >= 15 is 0 Å². The molecule has 0 radical (unpaired) electrons. The highest BCUT2D eigenvalue weighted by Crippen LogP contribution is 2.40. The van der Waals surface area contributed by atoms with Crippen LogP contribution in [0, 0.1) is 5.92 Å². The molecule has 14 heavy (non-hydrogen) atoms. The molecule has 0 aromatic heterocycles. The molecule has 1 N–H and O–H groups in total. The van der Waals surface area contributed by atoms with E-state index in [0.29, 0.717) is 25.9 Å². The van der Waals surface area contributed by atoms with E-state index in [1.807, 2.05) is 11.9 Å². The molecule has 84 valence electrons. The molecule has 1 aliphatic rings. The predicted molar refractivity (Wildman–Crippen MR) is 46.9 cm³/mol. The van der Waals surface area contributed by atoms with E-state index in [0.717, 1.165) is 6.92 Å². The van der Waals surface area contributed by atoms with Gasteiger partial charge in [0.2, 0.25) is 0 Å². The number of likely N-dealkylation sites (tertiary alicyclic amines) is 1. The highest BCUT2D eigenvalue weighted by molar-refractivity contribution is 4.91. The fraction of sp³-hybridized carbons (Fsp3) is 1.00.